The molecule has 1 aliphatic rings. The third-order valence-electron chi connectivity index (χ3n) is 4.86. The summed E-state index contributed by atoms with van der Waals surface area (Å²) in [6.45, 7) is 3.96. The summed E-state index contributed by atoms with van der Waals surface area (Å²) in [5.74, 6) is -0.0772. The van der Waals surface area contributed by atoms with E-state index in [1.165, 1.54) is 11.3 Å². The minimum Gasteiger partial charge on any atom is -0.497 e. The topological polar surface area (TPSA) is 90.7 Å². The van der Waals surface area contributed by atoms with Gasteiger partial charge < -0.3 is 13.9 Å². The fourth-order valence-electron chi connectivity index (χ4n) is 3.46. The fraction of sp³-hybridized carbons (Fsp3) is 0.350. The number of anilines is 1. The van der Waals surface area contributed by atoms with Gasteiger partial charge in [-0.25, -0.2) is 4.98 Å². The lowest BCUT2D eigenvalue weighted by atomic mass is 10.1. The molecule has 28 heavy (non-hydrogen) atoms. The van der Waals surface area contributed by atoms with Crippen LogP contribution >= 0.6 is 11.3 Å². The van der Waals surface area contributed by atoms with Gasteiger partial charge in [-0.3, -0.25) is 14.9 Å². The highest BCUT2D eigenvalue weighted by atomic mass is 32.1. The van der Waals surface area contributed by atoms with Gasteiger partial charge in [0.25, 0.3) is 5.91 Å². The normalized spacial score (nSPS) is 15.5. The van der Waals surface area contributed by atoms with Gasteiger partial charge >= 0.3 is 5.97 Å². The number of amides is 1. The Morgan fingerprint density at radius 2 is 2.21 bits per heavy atom. The molecular weight excluding hydrogens is 380 g/mol. The minimum atomic E-state index is -0.368. The summed E-state index contributed by atoms with van der Waals surface area (Å²) >= 11 is 1.39. The van der Waals surface area contributed by atoms with Gasteiger partial charge in [-0.2, -0.15) is 0 Å². The van der Waals surface area contributed by atoms with Crippen LogP contribution in [0.15, 0.2) is 22.6 Å². The van der Waals surface area contributed by atoms with Gasteiger partial charge in [0.15, 0.2) is 10.9 Å². The quantitative estimate of drug-likeness (QED) is 0.650. The number of thiazole rings is 1. The van der Waals surface area contributed by atoms with Crippen molar-refractivity contribution < 1.29 is 23.5 Å². The largest absolute Gasteiger partial charge is 0.497 e. The van der Waals surface area contributed by atoms with Crippen molar-refractivity contribution in [2.75, 3.05) is 19.0 Å². The number of fused-ring (bicyclic) bond motifs is 2. The van der Waals surface area contributed by atoms with Crippen LogP contribution in [0.3, 0.4) is 0 Å². The predicted octanol–water partition coefficient (Wildman–Crippen LogP) is 4.05. The monoisotopic (exact) mass is 400 g/mol. The molecule has 0 fully saturated rings. The van der Waals surface area contributed by atoms with Gasteiger partial charge in [-0.15, -0.1) is 11.3 Å². The zero-order chi connectivity index (χ0) is 19.8. The van der Waals surface area contributed by atoms with Crippen LogP contribution in [0.1, 0.15) is 46.0 Å². The Labute approximate surface area is 165 Å². The average molecular weight is 400 g/mol. The number of benzene rings is 1. The Hall–Kier alpha value is -2.87. The van der Waals surface area contributed by atoms with Crippen LogP contribution in [0.4, 0.5) is 5.13 Å². The van der Waals surface area contributed by atoms with Crippen LogP contribution in [0.25, 0.3) is 11.0 Å². The number of aromatic nitrogens is 1. The summed E-state index contributed by atoms with van der Waals surface area (Å²) in [5, 5.41) is 4.12. The SMILES string of the molecule is CCOC(=O)[C@H]1CCc2sc(NC(=O)c3oc4cc(OC)ccc4c3C)nc21. The first kappa shape index (κ1) is 18.5. The molecule has 0 spiro atoms. The number of carbonyl (C=O) groups is 2. The van der Waals surface area contributed by atoms with E-state index in [0.717, 1.165) is 22.2 Å². The van der Waals surface area contributed by atoms with E-state index in [9.17, 15) is 9.59 Å². The molecule has 0 radical (unpaired) electrons. The molecule has 1 atom stereocenters. The van der Waals surface area contributed by atoms with Gasteiger partial charge in [-0.05, 0) is 38.8 Å². The Bertz CT molecular complexity index is 1070. The van der Waals surface area contributed by atoms with Gasteiger partial charge in [-0.1, -0.05) is 0 Å². The third-order valence-corrected chi connectivity index (χ3v) is 5.91. The Morgan fingerprint density at radius 1 is 1.39 bits per heavy atom. The number of ether oxygens (including phenoxy) is 2. The van der Waals surface area contributed by atoms with E-state index in [1.54, 1.807) is 20.1 Å². The van der Waals surface area contributed by atoms with Crippen molar-refractivity contribution in [2.45, 2.75) is 32.6 Å². The second-order valence-corrected chi connectivity index (χ2v) is 7.63. The zero-order valence-corrected chi connectivity index (χ0v) is 16.6. The van der Waals surface area contributed by atoms with Crippen molar-refractivity contribution in [3.8, 4) is 5.75 Å². The van der Waals surface area contributed by atoms with E-state index in [4.69, 9.17) is 13.9 Å². The number of carbonyl (C=O) groups excluding carboxylic acids is 2. The summed E-state index contributed by atoms with van der Waals surface area (Å²) in [5.41, 5.74) is 2.06. The number of rotatable bonds is 5. The second kappa shape index (κ2) is 7.27. The summed E-state index contributed by atoms with van der Waals surface area (Å²) in [6, 6.07) is 5.44. The predicted molar refractivity (Wildman–Crippen MR) is 105 cm³/mol. The average Bonchev–Trinajstić information content (AvgIpc) is 3.34. The molecule has 0 saturated carbocycles. The molecule has 1 aliphatic carbocycles. The van der Waals surface area contributed by atoms with Crippen molar-refractivity contribution in [3.63, 3.8) is 0 Å². The lowest BCUT2D eigenvalue weighted by molar-refractivity contribution is -0.145. The molecule has 2 aromatic heterocycles. The first-order valence-corrected chi connectivity index (χ1v) is 9.88. The van der Waals surface area contributed by atoms with Crippen LogP contribution < -0.4 is 10.1 Å². The van der Waals surface area contributed by atoms with Crippen LogP contribution in [-0.2, 0) is 16.0 Å². The molecule has 0 aliphatic heterocycles. The summed E-state index contributed by atoms with van der Waals surface area (Å²) in [7, 11) is 1.58. The minimum absolute atomic E-state index is 0.237. The number of methoxy groups -OCH3 is 1. The lowest BCUT2D eigenvalue weighted by Crippen LogP contribution is -2.15. The zero-order valence-electron chi connectivity index (χ0n) is 15.8. The highest BCUT2D eigenvalue weighted by molar-refractivity contribution is 7.16. The Morgan fingerprint density at radius 3 is 2.96 bits per heavy atom. The van der Waals surface area contributed by atoms with Crippen molar-refractivity contribution in [3.05, 3.63) is 40.1 Å². The number of furan rings is 1. The Kier molecular flexibility index (Phi) is 4.80. The van der Waals surface area contributed by atoms with Crippen LogP contribution in [0.2, 0.25) is 0 Å². The van der Waals surface area contributed by atoms with Gasteiger partial charge in [0, 0.05) is 21.9 Å². The van der Waals surface area contributed by atoms with E-state index in [2.05, 4.69) is 10.3 Å². The van der Waals surface area contributed by atoms with Gasteiger partial charge in [0.05, 0.1) is 19.4 Å². The van der Waals surface area contributed by atoms with Gasteiger partial charge in [0.1, 0.15) is 17.3 Å². The van der Waals surface area contributed by atoms with E-state index < -0.39 is 0 Å². The van der Waals surface area contributed by atoms with Crippen molar-refractivity contribution in [1.82, 2.24) is 4.98 Å². The molecule has 0 saturated heterocycles. The van der Waals surface area contributed by atoms with E-state index in [0.29, 0.717) is 35.2 Å². The molecule has 0 unspecified atom stereocenters. The van der Waals surface area contributed by atoms with Crippen molar-refractivity contribution in [1.29, 1.82) is 0 Å². The summed E-state index contributed by atoms with van der Waals surface area (Å²) in [4.78, 5) is 30.3. The second-order valence-electron chi connectivity index (χ2n) is 6.54. The van der Waals surface area contributed by atoms with Crippen molar-refractivity contribution >= 4 is 39.3 Å². The maximum absolute atomic E-state index is 12.7. The fourth-order valence-corrected chi connectivity index (χ4v) is 4.49. The molecule has 7 nitrogen and oxygen atoms in total. The molecule has 8 heteroatoms. The Balaban J connectivity index is 1.57. The van der Waals surface area contributed by atoms with E-state index >= 15 is 0 Å². The standard InChI is InChI=1S/C20H20N2O5S/c1-4-26-19(24)13-7-8-15-16(13)21-20(28-15)22-18(23)17-10(2)12-6-5-11(25-3)9-14(12)27-17/h5-6,9,13H,4,7-8H2,1-3H3,(H,21,22,23)/t13-/m0/s1. The number of nitrogens with zero attached hydrogens (tertiary/aromatic N) is 1. The number of hydrogen-bond donors (Lipinski definition) is 1. The summed E-state index contributed by atoms with van der Waals surface area (Å²) in [6.07, 6.45) is 1.46. The van der Waals surface area contributed by atoms with Gasteiger partial charge in [0.2, 0.25) is 0 Å². The molecule has 1 N–H and O–H groups in total. The molecule has 4 rings (SSSR count). The van der Waals surface area contributed by atoms with Crippen LogP contribution in [0.5, 0.6) is 5.75 Å². The molecule has 1 aromatic carbocycles. The maximum Gasteiger partial charge on any atom is 0.315 e. The van der Waals surface area contributed by atoms with Crippen molar-refractivity contribution in [2.24, 2.45) is 0 Å². The first-order chi connectivity index (χ1) is 13.5. The molecule has 3 aromatic rings. The number of esters is 1. The number of aryl methyl sites for hydroxylation is 2. The third kappa shape index (κ3) is 3.13. The highest BCUT2D eigenvalue weighted by Crippen LogP contribution is 2.39. The molecule has 0 bridgehead atoms. The molecular formula is C20H20N2O5S. The maximum atomic E-state index is 12.7. The van der Waals surface area contributed by atoms with Crippen LogP contribution in [0, 0.1) is 6.92 Å². The highest BCUT2D eigenvalue weighted by Gasteiger charge is 2.34. The van der Waals surface area contributed by atoms with E-state index in [-0.39, 0.29) is 23.6 Å². The van der Waals surface area contributed by atoms with E-state index in [1.807, 2.05) is 19.1 Å². The summed E-state index contributed by atoms with van der Waals surface area (Å²) < 4.78 is 16.1. The molecule has 1 amide bonds. The number of hydrogen-bond acceptors (Lipinski definition) is 7. The smallest absolute Gasteiger partial charge is 0.315 e. The number of nitrogens with one attached hydrogen (secondary N) is 1. The first-order valence-electron chi connectivity index (χ1n) is 9.06. The van der Waals surface area contributed by atoms with Crippen LogP contribution in [-0.4, -0.2) is 30.6 Å². The lowest BCUT2D eigenvalue weighted by Gasteiger charge is -2.07. The molecule has 146 valence electrons. The molecule has 2 heterocycles.